The number of hydrogen-bond acceptors (Lipinski definition) is 3. The van der Waals surface area contributed by atoms with Crippen molar-refractivity contribution in [2.45, 2.75) is 12.3 Å². The third kappa shape index (κ3) is 1.92. The summed E-state index contributed by atoms with van der Waals surface area (Å²) in [5, 5.41) is 10.1. The number of carbonyl (C=O) groups is 1. The first-order valence-electron chi connectivity index (χ1n) is 6.75. The van der Waals surface area contributed by atoms with Gasteiger partial charge in [-0.3, -0.25) is 9.89 Å². The van der Waals surface area contributed by atoms with E-state index in [4.69, 9.17) is 0 Å². The van der Waals surface area contributed by atoms with Crippen LogP contribution in [0.5, 0.6) is 0 Å². The molecule has 6 heteroatoms. The van der Waals surface area contributed by atoms with Crippen molar-refractivity contribution in [3.8, 4) is 11.3 Å². The highest BCUT2D eigenvalue weighted by atomic mass is 16.1. The van der Waals surface area contributed by atoms with E-state index in [0.717, 1.165) is 22.6 Å². The Hall–Kier alpha value is -2.89. The van der Waals surface area contributed by atoms with E-state index < -0.39 is 0 Å². The first-order chi connectivity index (χ1) is 10.3. The van der Waals surface area contributed by atoms with E-state index in [1.54, 1.807) is 12.4 Å². The smallest absolute Gasteiger partial charge is 0.226 e. The fourth-order valence-corrected chi connectivity index (χ4v) is 2.78. The van der Waals surface area contributed by atoms with Crippen LogP contribution in [0.3, 0.4) is 0 Å². The fraction of sp³-hybridized carbons (Fsp3) is 0.133. The van der Waals surface area contributed by atoms with Gasteiger partial charge in [-0.1, -0.05) is 30.3 Å². The maximum atomic E-state index is 11.9. The summed E-state index contributed by atoms with van der Waals surface area (Å²) in [5.41, 5.74) is 2.95. The van der Waals surface area contributed by atoms with Crippen molar-refractivity contribution in [2.24, 2.45) is 0 Å². The number of aromatic amines is 2. The van der Waals surface area contributed by atoms with E-state index in [1.165, 1.54) is 0 Å². The second kappa shape index (κ2) is 4.59. The molecule has 0 saturated heterocycles. The van der Waals surface area contributed by atoms with Crippen LogP contribution in [0.1, 0.15) is 23.7 Å². The average molecular weight is 279 g/mol. The summed E-state index contributed by atoms with van der Waals surface area (Å²) in [6, 6.07) is 9.96. The molecule has 3 N–H and O–H groups in total. The van der Waals surface area contributed by atoms with Crippen molar-refractivity contribution >= 4 is 11.7 Å². The number of amides is 1. The van der Waals surface area contributed by atoms with Crippen LogP contribution in [0.15, 0.2) is 42.7 Å². The third-order valence-electron chi connectivity index (χ3n) is 3.71. The molecule has 1 aromatic carbocycles. The van der Waals surface area contributed by atoms with Crippen molar-refractivity contribution in [3.05, 3.63) is 54.1 Å². The van der Waals surface area contributed by atoms with Crippen LogP contribution in [0.25, 0.3) is 11.3 Å². The Balaban J connectivity index is 1.89. The highest BCUT2D eigenvalue weighted by molar-refractivity contribution is 5.95. The lowest BCUT2D eigenvalue weighted by molar-refractivity contribution is -0.116. The average Bonchev–Trinajstić information content (AvgIpc) is 3.16. The molecule has 1 amide bonds. The van der Waals surface area contributed by atoms with Gasteiger partial charge in [0.15, 0.2) is 5.82 Å². The zero-order chi connectivity index (χ0) is 14.2. The minimum atomic E-state index is -0.113. The summed E-state index contributed by atoms with van der Waals surface area (Å²) < 4.78 is 0. The second-order valence-corrected chi connectivity index (χ2v) is 5.01. The highest BCUT2D eigenvalue weighted by Crippen LogP contribution is 2.40. The minimum Gasteiger partial charge on any atom is -0.348 e. The quantitative estimate of drug-likeness (QED) is 0.672. The van der Waals surface area contributed by atoms with Crippen LogP contribution < -0.4 is 5.32 Å². The molecule has 0 fully saturated rings. The maximum Gasteiger partial charge on any atom is 0.226 e. The molecule has 0 spiro atoms. The van der Waals surface area contributed by atoms with Gasteiger partial charge in [0.1, 0.15) is 5.82 Å². The number of H-pyrrole nitrogens is 2. The van der Waals surface area contributed by atoms with E-state index in [2.05, 4.69) is 25.5 Å². The molecule has 0 saturated carbocycles. The zero-order valence-electron chi connectivity index (χ0n) is 11.1. The Bertz CT molecular complexity index is 776. The molecule has 1 atom stereocenters. The largest absolute Gasteiger partial charge is 0.348 e. The number of imidazole rings is 1. The molecular weight excluding hydrogens is 266 g/mol. The number of benzene rings is 1. The number of aromatic nitrogens is 4. The molecule has 2 aromatic heterocycles. The fourth-order valence-electron chi connectivity index (χ4n) is 2.78. The Morgan fingerprint density at radius 2 is 2.05 bits per heavy atom. The highest BCUT2D eigenvalue weighted by Gasteiger charge is 2.33. The van der Waals surface area contributed by atoms with E-state index in [0.29, 0.717) is 12.2 Å². The monoisotopic (exact) mass is 279 g/mol. The number of fused-ring (bicyclic) bond motifs is 1. The lowest BCUT2D eigenvalue weighted by atomic mass is 9.89. The molecule has 0 aliphatic carbocycles. The van der Waals surface area contributed by atoms with Crippen LogP contribution in [0.4, 0.5) is 5.82 Å². The van der Waals surface area contributed by atoms with Gasteiger partial charge < -0.3 is 10.3 Å². The first-order valence-corrected chi connectivity index (χ1v) is 6.75. The third-order valence-corrected chi connectivity index (χ3v) is 3.71. The van der Waals surface area contributed by atoms with Crippen LogP contribution in [-0.4, -0.2) is 26.1 Å². The van der Waals surface area contributed by atoms with E-state index in [9.17, 15) is 4.79 Å². The lowest BCUT2D eigenvalue weighted by Crippen LogP contribution is -2.24. The summed E-state index contributed by atoms with van der Waals surface area (Å²) in [5.74, 6) is 1.21. The Labute approximate surface area is 120 Å². The van der Waals surface area contributed by atoms with Crippen LogP contribution in [0.2, 0.25) is 0 Å². The van der Waals surface area contributed by atoms with Crippen molar-refractivity contribution in [3.63, 3.8) is 0 Å². The number of nitrogens with zero attached hydrogens (tertiary/aromatic N) is 2. The minimum absolute atomic E-state index is 0.0463. The van der Waals surface area contributed by atoms with Gasteiger partial charge in [-0.15, -0.1) is 0 Å². The normalized spacial score (nSPS) is 17.3. The number of anilines is 1. The molecule has 21 heavy (non-hydrogen) atoms. The van der Waals surface area contributed by atoms with E-state index in [-0.39, 0.29) is 11.8 Å². The maximum absolute atomic E-state index is 11.9. The lowest BCUT2D eigenvalue weighted by Gasteiger charge is -2.21. The molecule has 1 unspecified atom stereocenters. The molecule has 104 valence electrons. The van der Waals surface area contributed by atoms with E-state index in [1.807, 2.05) is 30.3 Å². The molecular formula is C15H13N5O. The molecule has 6 nitrogen and oxygen atoms in total. The van der Waals surface area contributed by atoms with Gasteiger partial charge in [0.25, 0.3) is 0 Å². The van der Waals surface area contributed by atoms with Crippen molar-refractivity contribution < 1.29 is 4.79 Å². The van der Waals surface area contributed by atoms with Gasteiger partial charge in [-0.05, 0) is 5.56 Å². The molecule has 1 aliphatic heterocycles. The predicted molar refractivity (Wildman–Crippen MR) is 77.7 cm³/mol. The number of rotatable bonds is 2. The van der Waals surface area contributed by atoms with Crippen molar-refractivity contribution in [1.29, 1.82) is 0 Å². The van der Waals surface area contributed by atoms with Crippen LogP contribution >= 0.6 is 0 Å². The summed E-state index contributed by atoms with van der Waals surface area (Å²) in [6.45, 7) is 0. The first kappa shape index (κ1) is 11.9. The summed E-state index contributed by atoms with van der Waals surface area (Å²) in [7, 11) is 0. The summed E-state index contributed by atoms with van der Waals surface area (Å²) in [4.78, 5) is 19.3. The van der Waals surface area contributed by atoms with Crippen LogP contribution in [-0.2, 0) is 4.79 Å². The molecule has 0 bridgehead atoms. The molecule has 1 aliphatic rings. The Morgan fingerprint density at radius 1 is 1.19 bits per heavy atom. The van der Waals surface area contributed by atoms with Gasteiger partial charge in [0.05, 0.1) is 11.6 Å². The molecule has 0 radical (unpaired) electrons. The van der Waals surface area contributed by atoms with Crippen molar-refractivity contribution in [2.75, 3.05) is 5.32 Å². The van der Waals surface area contributed by atoms with Crippen LogP contribution in [0, 0.1) is 0 Å². The summed E-state index contributed by atoms with van der Waals surface area (Å²) >= 11 is 0. The van der Waals surface area contributed by atoms with Gasteiger partial charge in [-0.2, -0.15) is 5.10 Å². The predicted octanol–water partition coefficient (Wildman–Crippen LogP) is 2.27. The van der Waals surface area contributed by atoms with Gasteiger partial charge >= 0.3 is 0 Å². The molecule has 3 heterocycles. The number of hydrogen-bond donors (Lipinski definition) is 3. The number of carbonyl (C=O) groups excluding carboxylic acids is 1. The Kier molecular flexibility index (Phi) is 2.60. The van der Waals surface area contributed by atoms with Crippen molar-refractivity contribution in [1.82, 2.24) is 20.2 Å². The second-order valence-electron chi connectivity index (χ2n) is 5.01. The summed E-state index contributed by atoms with van der Waals surface area (Å²) in [6.07, 6.45) is 3.83. The van der Waals surface area contributed by atoms with Gasteiger partial charge in [0.2, 0.25) is 5.91 Å². The Morgan fingerprint density at radius 3 is 2.81 bits per heavy atom. The molecule has 4 rings (SSSR count). The molecule has 3 aromatic rings. The van der Waals surface area contributed by atoms with E-state index >= 15 is 0 Å². The number of nitrogens with one attached hydrogen (secondary N) is 3. The zero-order valence-corrected chi connectivity index (χ0v) is 11.1. The topological polar surface area (TPSA) is 86.5 Å². The van der Waals surface area contributed by atoms with Gasteiger partial charge in [-0.25, -0.2) is 4.98 Å². The van der Waals surface area contributed by atoms with Gasteiger partial charge in [0, 0.05) is 24.4 Å². The standard InChI is InChI=1S/C15H13N5O/c21-11-8-10(14-16-6-7-17-14)12-13(19-20-15(12)18-11)9-4-2-1-3-5-9/h1-7,10H,8H2,(H,16,17)(H2,18,19,20,21). The SMILES string of the molecule is O=C1CC(c2ncc[nH]2)c2c(n[nH]c2-c2ccccc2)N1.